The van der Waals surface area contributed by atoms with Crippen molar-refractivity contribution in [1.82, 2.24) is 0 Å². The average Bonchev–Trinajstić information content (AvgIpc) is 2.83. The Morgan fingerprint density at radius 1 is 1.00 bits per heavy atom. The summed E-state index contributed by atoms with van der Waals surface area (Å²) in [4.78, 5) is 0. The topological polar surface area (TPSA) is 56.5 Å². The van der Waals surface area contributed by atoms with Gasteiger partial charge in [0.15, 0.2) is 0 Å². The fourth-order valence-electron chi connectivity index (χ4n) is 2.90. The minimum atomic E-state index is 0.0891. The van der Waals surface area contributed by atoms with Gasteiger partial charge in [0.05, 0.1) is 20.3 Å². The summed E-state index contributed by atoms with van der Waals surface area (Å²) in [6.07, 6.45) is 0.888. The summed E-state index contributed by atoms with van der Waals surface area (Å²) in [5, 5.41) is 3.54. The number of nitrogens with one attached hydrogen (secondary N) is 1. The number of hydrogen-bond donors (Lipinski definition) is 2. The van der Waals surface area contributed by atoms with Crippen LogP contribution in [0.2, 0.25) is 0 Å². The predicted molar refractivity (Wildman–Crippen MR) is 83.9 cm³/mol. The summed E-state index contributed by atoms with van der Waals surface area (Å²) >= 11 is 0. The minimum Gasteiger partial charge on any atom is -0.497 e. The molecule has 2 atom stereocenters. The second-order valence-corrected chi connectivity index (χ2v) is 5.27. The quantitative estimate of drug-likeness (QED) is 0.905. The average molecular weight is 284 g/mol. The Labute approximate surface area is 124 Å². The van der Waals surface area contributed by atoms with E-state index in [1.165, 1.54) is 11.1 Å². The Bertz CT molecular complexity index is 620. The van der Waals surface area contributed by atoms with Gasteiger partial charge in [0.25, 0.3) is 0 Å². The van der Waals surface area contributed by atoms with Gasteiger partial charge in [0.1, 0.15) is 11.5 Å². The van der Waals surface area contributed by atoms with Crippen LogP contribution in [0.15, 0.2) is 42.5 Å². The predicted octanol–water partition coefficient (Wildman–Crippen LogP) is 3.26. The van der Waals surface area contributed by atoms with E-state index in [-0.39, 0.29) is 12.1 Å². The zero-order chi connectivity index (χ0) is 14.8. The van der Waals surface area contributed by atoms with Crippen LogP contribution in [0.25, 0.3) is 0 Å². The highest BCUT2D eigenvalue weighted by Crippen LogP contribution is 2.40. The van der Waals surface area contributed by atoms with Crippen molar-refractivity contribution in [3.8, 4) is 11.5 Å². The van der Waals surface area contributed by atoms with E-state index < -0.39 is 0 Å². The Kier molecular flexibility index (Phi) is 3.71. The van der Waals surface area contributed by atoms with Crippen molar-refractivity contribution in [3.63, 3.8) is 0 Å². The number of benzene rings is 2. The highest BCUT2D eigenvalue weighted by Gasteiger charge is 2.28. The van der Waals surface area contributed by atoms with E-state index in [1.54, 1.807) is 14.2 Å². The largest absolute Gasteiger partial charge is 0.497 e. The van der Waals surface area contributed by atoms with Gasteiger partial charge >= 0.3 is 0 Å². The second-order valence-electron chi connectivity index (χ2n) is 5.27. The SMILES string of the molecule is COc1cc(NC2CC(N)c3ccccc32)cc(OC)c1. The van der Waals surface area contributed by atoms with E-state index >= 15 is 0 Å². The summed E-state index contributed by atoms with van der Waals surface area (Å²) in [6, 6.07) is 14.4. The molecule has 0 saturated heterocycles. The van der Waals surface area contributed by atoms with E-state index in [1.807, 2.05) is 24.3 Å². The molecular formula is C17H20N2O2. The number of anilines is 1. The third kappa shape index (κ3) is 2.67. The summed E-state index contributed by atoms with van der Waals surface area (Å²) in [5.41, 5.74) is 9.68. The molecule has 0 aromatic heterocycles. The van der Waals surface area contributed by atoms with Crippen molar-refractivity contribution in [2.24, 2.45) is 5.73 Å². The molecule has 2 aromatic carbocycles. The maximum absolute atomic E-state index is 6.21. The molecular weight excluding hydrogens is 264 g/mol. The molecule has 2 aromatic rings. The lowest BCUT2D eigenvalue weighted by molar-refractivity contribution is 0.394. The van der Waals surface area contributed by atoms with Gasteiger partial charge in [0.2, 0.25) is 0 Å². The lowest BCUT2D eigenvalue weighted by Crippen LogP contribution is -2.10. The molecule has 0 heterocycles. The first-order valence-corrected chi connectivity index (χ1v) is 7.05. The monoisotopic (exact) mass is 284 g/mol. The molecule has 0 bridgehead atoms. The molecule has 0 fully saturated rings. The van der Waals surface area contributed by atoms with Crippen LogP contribution >= 0.6 is 0 Å². The van der Waals surface area contributed by atoms with Gasteiger partial charge in [-0.2, -0.15) is 0 Å². The molecule has 110 valence electrons. The number of methoxy groups -OCH3 is 2. The smallest absolute Gasteiger partial charge is 0.124 e. The molecule has 0 aliphatic heterocycles. The third-order valence-corrected chi connectivity index (χ3v) is 3.95. The molecule has 3 rings (SSSR count). The Hall–Kier alpha value is -2.20. The van der Waals surface area contributed by atoms with Crippen molar-refractivity contribution in [1.29, 1.82) is 0 Å². The number of hydrogen-bond acceptors (Lipinski definition) is 4. The molecule has 1 aliphatic carbocycles. The maximum Gasteiger partial charge on any atom is 0.124 e. The lowest BCUT2D eigenvalue weighted by Gasteiger charge is -2.17. The van der Waals surface area contributed by atoms with Crippen molar-refractivity contribution in [3.05, 3.63) is 53.6 Å². The minimum absolute atomic E-state index is 0.0891. The van der Waals surface area contributed by atoms with Crippen LogP contribution in [0.5, 0.6) is 11.5 Å². The lowest BCUT2D eigenvalue weighted by atomic mass is 10.1. The van der Waals surface area contributed by atoms with Crippen LogP contribution < -0.4 is 20.5 Å². The number of ether oxygens (including phenoxy) is 2. The molecule has 4 nitrogen and oxygen atoms in total. The first-order chi connectivity index (χ1) is 10.2. The van der Waals surface area contributed by atoms with E-state index in [4.69, 9.17) is 15.2 Å². The van der Waals surface area contributed by atoms with E-state index in [0.717, 1.165) is 23.6 Å². The van der Waals surface area contributed by atoms with Crippen LogP contribution in [-0.2, 0) is 0 Å². The van der Waals surface area contributed by atoms with Gasteiger partial charge in [-0.15, -0.1) is 0 Å². The Balaban J connectivity index is 1.88. The van der Waals surface area contributed by atoms with Crippen LogP contribution in [0, 0.1) is 0 Å². The van der Waals surface area contributed by atoms with Gasteiger partial charge in [-0.3, -0.25) is 0 Å². The van der Waals surface area contributed by atoms with Gasteiger partial charge < -0.3 is 20.5 Å². The van der Waals surface area contributed by atoms with Crippen molar-refractivity contribution in [2.45, 2.75) is 18.5 Å². The molecule has 0 radical (unpaired) electrons. The summed E-state index contributed by atoms with van der Waals surface area (Å²) in [7, 11) is 3.30. The molecule has 21 heavy (non-hydrogen) atoms. The third-order valence-electron chi connectivity index (χ3n) is 3.95. The summed E-state index contributed by atoms with van der Waals surface area (Å²) in [6.45, 7) is 0. The first kappa shape index (κ1) is 13.8. The second kappa shape index (κ2) is 5.66. The van der Waals surface area contributed by atoms with E-state index in [9.17, 15) is 0 Å². The van der Waals surface area contributed by atoms with Crippen molar-refractivity contribution in [2.75, 3.05) is 19.5 Å². The van der Waals surface area contributed by atoms with Crippen molar-refractivity contribution >= 4 is 5.69 Å². The molecule has 2 unspecified atom stereocenters. The number of fused-ring (bicyclic) bond motifs is 1. The normalized spacial score (nSPS) is 20.0. The number of nitrogens with two attached hydrogens (primary N) is 1. The van der Waals surface area contributed by atoms with Crippen LogP contribution in [0.3, 0.4) is 0 Å². The van der Waals surface area contributed by atoms with Gasteiger partial charge in [-0.25, -0.2) is 0 Å². The van der Waals surface area contributed by atoms with Crippen LogP contribution in [0.4, 0.5) is 5.69 Å². The Morgan fingerprint density at radius 2 is 1.62 bits per heavy atom. The molecule has 0 amide bonds. The molecule has 0 saturated carbocycles. The van der Waals surface area contributed by atoms with Crippen LogP contribution in [0.1, 0.15) is 29.6 Å². The van der Waals surface area contributed by atoms with Gasteiger partial charge in [0, 0.05) is 29.9 Å². The number of rotatable bonds is 4. The summed E-state index contributed by atoms with van der Waals surface area (Å²) < 4.78 is 10.6. The standard InChI is InChI=1S/C17H20N2O2/c1-20-12-7-11(8-13(9-12)21-2)19-17-10-16(18)14-5-3-4-6-15(14)17/h3-9,16-17,19H,10,18H2,1-2H3. The molecule has 4 heteroatoms. The maximum atomic E-state index is 6.21. The van der Waals surface area contributed by atoms with Gasteiger partial charge in [-0.05, 0) is 17.5 Å². The summed E-state index contributed by atoms with van der Waals surface area (Å²) in [5.74, 6) is 1.54. The zero-order valence-electron chi connectivity index (χ0n) is 12.3. The molecule has 0 spiro atoms. The van der Waals surface area contributed by atoms with Crippen molar-refractivity contribution < 1.29 is 9.47 Å². The first-order valence-electron chi connectivity index (χ1n) is 7.05. The van der Waals surface area contributed by atoms with E-state index in [2.05, 4.69) is 23.5 Å². The highest BCUT2D eigenvalue weighted by molar-refractivity contribution is 5.56. The van der Waals surface area contributed by atoms with E-state index in [0.29, 0.717) is 0 Å². The molecule has 3 N–H and O–H groups in total. The fourth-order valence-corrected chi connectivity index (χ4v) is 2.90. The fraction of sp³-hybridized carbons (Fsp3) is 0.294. The van der Waals surface area contributed by atoms with Crippen LogP contribution in [-0.4, -0.2) is 14.2 Å². The molecule has 1 aliphatic rings. The van der Waals surface area contributed by atoms with Gasteiger partial charge in [-0.1, -0.05) is 24.3 Å². The Morgan fingerprint density at radius 3 is 2.24 bits per heavy atom. The highest BCUT2D eigenvalue weighted by atomic mass is 16.5. The zero-order valence-corrected chi connectivity index (χ0v) is 12.3.